The van der Waals surface area contributed by atoms with Crippen molar-refractivity contribution in [3.8, 4) is 0 Å². The number of aromatic nitrogens is 1. The fourth-order valence-electron chi connectivity index (χ4n) is 2.34. The van der Waals surface area contributed by atoms with Gasteiger partial charge in [0.05, 0.1) is 5.52 Å². The molecule has 1 aromatic carbocycles. The summed E-state index contributed by atoms with van der Waals surface area (Å²) in [5.74, 6) is 0.666. The molecule has 0 aliphatic rings. The summed E-state index contributed by atoms with van der Waals surface area (Å²) in [5, 5.41) is 1.30. The van der Waals surface area contributed by atoms with Crippen molar-refractivity contribution in [2.45, 2.75) is 27.2 Å². The molecule has 0 saturated heterocycles. The summed E-state index contributed by atoms with van der Waals surface area (Å²) in [6.45, 7) is 6.66. The van der Waals surface area contributed by atoms with Gasteiger partial charge in [0.1, 0.15) is 0 Å². The van der Waals surface area contributed by atoms with E-state index >= 15 is 0 Å². The molecule has 0 aliphatic heterocycles. The van der Waals surface area contributed by atoms with E-state index in [1.54, 1.807) is 0 Å². The van der Waals surface area contributed by atoms with Crippen LogP contribution >= 0.6 is 0 Å². The maximum atomic E-state index is 4.53. The predicted octanol–water partition coefficient (Wildman–Crippen LogP) is 3.81. The summed E-state index contributed by atoms with van der Waals surface area (Å²) in [6, 6.07) is 6.61. The third-order valence-corrected chi connectivity index (χ3v) is 3.26. The van der Waals surface area contributed by atoms with Crippen LogP contribution in [0.25, 0.3) is 10.9 Å². The molecule has 0 radical (unpaired) electrons. The van der Waals surface area contributed by atoms with Gasteiger partial charge >= 0.3 is 0 Å². The Hall–Kier alpha value is -1.57. The first-order valence-electron chi connectivity index (χ1n) is 6.54. The quantitative estimate of drug-likeness (QED) is 0.813. The fraction of sp³-hybridized carbons (Fsp3) is 0.438. The molecule has 1 aromatic heterocycles. The number of anilines is 1. The number of pyridine rings is 1. The van der Waals surface area contributed by atoms with Gasteiger partial charge in [-0.3, -0.25) is 4.98 Å². The van der Waals surface area contributed by atoms with E-state index in [4.69, 9.17) is 0 Å². The van der Waals surface area contributed by atoms with Gasteiger partial charge in [-0.2, -0.15) is 0 Å². The number of hydrogen-bond donors (Lipinski definition) is 0. The molecule has 0 spiro atoms. The summed E-state index contributed by atoms with van der Waals surface area (Å²) < 4.78 is 0. The third-order valence-electron chi connectivity index (χ3n) is 3.26. The molecule has 2 rings (SSSR count). The van der Waals surface area contributed by atoms with Crippen LogP contribution in [0.2, 0.25) is 0 Å². The number of fused-ring (bicyclic) bond motifs is 1. The summed E-state index contributed by atoms with van der Waals surface area (Å²) in [4.78, 5) is 6.68. The molecule has 0 unspecified atom stereocenters. The molecule has 0 fully saturated rings. The van der Waals surface area contributed by atoms with Crippen molar-refractivity contribution in [3.63, 3.8) is 0 Å². The van der Waals surface area contributed by atoms with E-state index in [-0.39, 0.29) is 0 Å². The van der Waals surface area contributed by atoms with Crippen molar-refractivity contribution in [3.05, 3.63) is 35.5 Å². The Morgan fingerprint density at radius 3 is 2.56 bits per heavy atom. The Bertz CT molecular complexity index is 556. The Morgan fingerprint density at radius 2 is 1.94 bits per heavy atom. The largest absolute Gasteiger partial charge is 0.378 e. The average molecular weight is 242 g/mol. The lowest BCUT2D eigenvalue weighted by Gasteiger charge is -2.16. The van der Waals surface area contributed by atoms with Crippen molar-refractivity contribution in [2.24, 2.45) is 5.92 Å². The minimum Gasteiger partial charge on any atom is -0.378 e. The van der Waals surface area contributed by atoms with Crippen LogP contribution in [0.15, 0.2) is 24.4 Å². The smallest absolute Gasteiger partial charge is 0.0735 e. The van der Waals surface area contributed by atoms with Gasteiger partial charge in [0, 0.05) is 31.4 Å². The Kier molecular flexibility index (Phi) is 3.55. The Labute approximate surface area is 110 Å². The molecular formula is C16H22N2. The van der Waals surface area contributed by atoms with Gasteiger partial charge in [-0.15, -0.1) is 0 Å². The Morgan fingerprint density at radius 1 is 1.22 bits per heavy atom. The number of benzene rings is 1. The van der Waals surface area contributed by atoms with Crippen molar-refractivity contribution < 1.29 is 0 Å². The minimum absolute atomic E-state index is 0.666. The monoisotopic (exact) mass is 242 g/mol. The summed E-state index contributed by atoms with van der Waals surface area (Å²) in [7, 11) is 4.16. The topological polar surface area (TPSA) is 16.1 Å². The average Bonchev–Trinajstić information content (AvgIpc) is 2.29. The molecule has 0 atom stereocenters. The summed E-state index contributed by atoms with van der Waals surface area (Å²) in [6.07, 6.45) is 3.04. The van der Waals surface area contributed by atoms with Crippen molar-refractivity contribution >= 4 is 16.6 Å². The van der Waals surface area contributed by atoms with Crippen LogP contribution in [-0.4, -0.2) is 19.1 Å². The molecule has 2 aromatic rings. The van der Waals surface area contributed by atoms with E-state index in [1.807, 2.05) is 6.20 Å². The fourth-order valence-corrected chi connectivity index (χ4v) is 2.34. The molecule has 0 bridgehead atoms. The van der Waals surface area contributed by atoms with Crippen molar-refractivity contribution in [1.29, 1.82) is 0 Å². The molecule has 2 heteroatoms. The highest BCUT2D eigenvalue weighted by molar-refractivity contribution is 5.88. The molecule has 0 saturated carbocycles. The Balaban J connectivity index is 2.65. The van der Waals surface area contributed by atoms with Crippen molar-refractivity contribution in [1.82, 2.24) is 4.98 Å². The molecule has 0 aliphatic carbocycles. The first-order valence-corrected chi connectivity index (χ1v) is 6.54. The molecule has 1 heterocycles. The SMILES string of the molecule is Cc1cc(N(C)C)cc2c(CC(C)C)ccnc12. The maximum absolute atomic E-state index is 4.53. The lowest BCUT2D eigenvalue weighted by molar-refractivity contribution is 0.650. The van der Waals surface area contributed by atoms with Gasteiger partial charge in [0.15, 0.2) is 0 Å². The third kappa shape index (κ3) is 2.47. The summed E-state index contributed by atoms with van der Waals surface area (Å²) in [5.41, 5.74) is 5.04. The molecule has 2 nitrogen and oxygen atoms in total. The number of hydrogen-bond acceptors (Lipinski definition) is 2. The van der Waals surface area contributed by atoms with Crippen LogP contribution in [0, 0.1) is 12.8 Å². The van der Waals surface area contributed by atoms with Crippen molar-refractivity contribution in [2.75, 3.05) is 19.0 Å². The second-order valence-corrected chi connectivity index (χ2v) is 5.62. The van der Waals surface area contributed by atoms with Crippen LogP contribution in [0.5, 0.6) is 0 Å². The van der Waals surface area contributed by atoms with Gasteiger partial charge < -0.3 is 4.90 Å². The number of aryl methyl sites for hydroxylation is 1. The molecule has 96 valence electrons. The zero-order valence-corrected chi connectivity index (χ0v) is 12.0. The van der Waals surface area contributed by atoms with E-state index < -0.39 is 0 Å². The highest BCUT2D eigenvalue weighted by Crippen LogP contribution is 2.27. The van der Waals surface area contributed by atoms with Gasteiger partial charge in [-0.1, -0.05) is 13.8 Å². The zero-order chi connectivity index (χ0) is 13.3. The van der Waals surface area contributed by atoms with Gasteiger partial charge in [0.2, 0.25) is 0 Å². The lowest BCUT2D eigenvalue weighted by Crippen LogP contribution is -2.09. The van der Waals surface area contributed by atoms with E-state index in [1.165, 1.54) is 22.2 Å². The normalized spacial score (nSPS) is 11.2. The molecule has 0 amide bonds. The molecule has 18 heavy (non-hydrogen) atoms. The van der Waals surface area contributed by atoms with Crippen LogP contribution in [0.3, 0.4) is 0 Å². The van der Waals surface area contributed by atoms with E-state index in [9.17, 15) is 0 Å². The minimum atomic E-state index is 0.666. The maximum Gasteiger partial charge on any atom is 0.0735 e. The zero-order valence-electron chi connectivity index (χ0n) is 12.0. The van der Waals surface area contributed by atoms with E-state index in [0.29, 0.717) is 5.92 Å². The molecular weight excluding hydrogens is 220 g/mol. The second kappa shape index (κ2) is 4.97. The highest BCUT2D eigenvalue weighted by atomic mass is 15.1. The van der Waals surface area contributed by atoms with Gasteiger partial charge in [-0.25, -0.2) is 0 Å². The standard InChI is InChI=1S/C16H22N2/c1-11(2)8-13-6-7-17-16-12(3)9-14(18(4)5)10-15(13)16/h6-7,9-11H,8H2,1-5H3. The lowest BCUT2D eigenvalue weighted by atomic mass is 9.97. The van der Waals surface area contributed by atoms with E-state index in [0.717, 1.165) is 11.9 Å². The van der Waals surface area contributed by atoms with Crippen LogP contribution in [0.1, 0.15) is 25.0 Å². The van der Waals surface area contributed by atoms with Gasteiger partial charge in [-0.05, 0) is 48.6 Å². The van der Waals surface area contributed by atoms with Crippen LogP contribution < -0.4 is 4.90 Å². The van der Waals surface area contributed by atoms with Crippen LogP contribution in [-0.2, 0) is 6.42 Å². The molecule has 0 N–H and O–H groups in total. The summed E-state index contributed by atoms with van der Waals surface area (Å²) >= 11 is 0. The first kappa shape index (κ1) is 12.9. The van der Waals surface area contributed by atoms with Crippen LogP contribution in [0.4, 0.5) is 5.69 Å². The van der Waals surface area contributed by atoms with E-state index in [2.05, 4.69) is 62.9 Å². The number of nitrogens with zero attached hydrogens (tertiary/aromatic N) is 2. The predicted molar refractivity (Wildman–Crippen MR) is 79.3 cm³/mol. The van der Waals surface area contributed by atoms with Gasteiger partial charge in [0.25, 0.3) is 0 Å². The second-order valence-electron chi connectivity index (χ2n) is 5.62. The highest BCUT2D eigenvalue weighted by Gasteiger charge is 2.08. The first-order chi connectivity index (χ1) is 8.49. The number of rotatable bonds is 3.